The van der Waals surface area contributed by atoms with Crippen LogP contribution in [0.15, 0.2) is 0 Å². The Morgan fingerprint density at radius 1 is 1.44 bits per heavy atom. The largest absolute Gasteiger partial charge is 0.338 e. The molecule has 0 aromatic rings. The van der Waals surface area contributed by atoms with Crippen LogP contribution in [0.25, 0.3) is 0 Å². The maximum atomic E-state index is 12.4. The first kappa shape index (κ1) is 13.2. The number of rotatable bonds is 2. The van der Waals surface area contributed by atoms with Crippen LogP contribution in [0.2, 0.25) is 0 Å². The van der Waals surface area contributed by atoms with Gasteiger partial charge in [0.25, 0.3) is 0 Å². The molecule has 102 valence electrons. The number of nitrogens with one attached hydrogen (secondary N) is 2. The first-order valence-corrected chi connectivity index (χ1v) is 6.72. The van der Waals surface area contributed by atoms with Crippen LogP contribution in [0.4, 0.5) is 4.79 Å². The maximum absolute atomic E-state index is 12.4. The second-order valence-electron chi connectivity index (χ2n) is 6.50. The summed E-state index contributed by atoms with van der Waals surface area (Å²) in [7, 11) is 0. The monoisotopic (exact) mass is 253 g/mol. The van der Waals surface area contributed by atoms with Crippen LogP contribution in [0.5, 0.6) is 0 Å². The third-order valence-corrected chi connectivity index (χ3v) is 3.58. The van der Waals surface area contributed by atoms with E-state index in [-0.39, 0.29) is 23.4 Å². The lowest BCUT2D eigenvalue weighted by Gasteiger charge is -2.31. The highest BCUT2D eigenvalue weighted by molar-refractivity contribution is 5.90. The minimum absolute atomic E-state index is 0.0695. The summed E-state index contributed by atoms with van der Waals surface area (Å²) in [5, 5.41) is 5.31. The number of carbonyl (C=O) groups is 2. The molecule has 2 fully saturated rings. The number of carbonyl (C=O) groups excluding carboxylic acids is 2. The lowest BCUT2D eigenvalue weighted by molar-refractivity contribution is -0.133. The highest BCUT2D eigenvalue weighted by Crippen LogP contribution is 2.30. The van der Waals surface area contributed by atoms with Gasteiger partial charge in [0.2, 0.25) is 5.91 Å². The molecule has 0 radical (unpaired) electrons. The molecule has 0 aliphatic carbocycles. The van der Waals surface area contributed by atoms with Gasteiger partial charge in [-0.3, -0.25) is 4.79 Å². The molecule has 0 bridgehead atoms. The van der Waals surface area contributed by atoms with Crippen LogP contribution >= 0.6 is 0 Å². The zero-order valence-corrected chi connectivity index (χ0v) is 11.5. The van der Waals surface area contributed by atoms with Crippen molar-refractivity contribution in [2.45, 2.75) is 52.1 Å². The lowest BCUT2D eigenvalue weighted by atomic mass is 9.87. The normalized spacial score (nSPS) is 28.2. The molecular formula is C13H23N3O2. The standard InChI is InChI=1S/C13H23N3O2/c1-13(2,3)7-9-5-4-6-16(9)11(17)10-8-14-12(18)15-10/h9-10H,4-8H2,1-3H3,(H2,14,15,18)/t9-,10+/m1/s1. The number of amides is 3. The van der Waals surface area contributed by atoms with Gasteiger partial charge < -0.3 is 15.5 Å². The van der Waals surface area contributed by atoms with Crippen LogP contribution < -0.4 is 10.6 Å². The van der Waals surface area contributed by atoms with E-state index in [4.69, 9.17) is 0 Å². The Hall–Kier alpha value is -1.26. The van der Waals surface area contributed by atoms with Crippen molar-refractivity contribution in [3.05, 3.63) is 0 Å². The van der Waals surface area contributed by atoms with Crippen molar-refractivity contribution >= 4 is 11.9 Å². The molecule has 0 aromatic heterocycles. The SMILES string of the molecule is CC(C)(C)C[C@H]1CCCN1C(=O)[C@@H]1CNC(=O)N1. The average molecular weight is 253 g/mol. The van der Waals surface area contributed by atoms with Gasteiger partial charge in [-0.05, 0) is 24.7 Å². The summed E-state index contributed by atoms with van der Waals surface area (Å²) in [6.45, 7) is 7.84. The highest BCUT2D eigenvalue weighted by atomic mass is 16.2. The minimum atomic E-state index is -0.377. The summed E-state index contributed by atoms with van der Waals surface area (Å²) in [5.74, 6) is 0.0695. The quantitative estimate of drug-likeness (QED) is 0.774. The second-order valence-corrected chi connectivity index (χ2v) is 6.50. The Kier molecular flexibility index (Phi) is 3.50. The van der Waals surface area contributed by atoms with Gasteiger partial charge in [-0.15, -0.1) is 0 Å². The van der Waals surface area contributed by atoms with E-state index < -0.39 is 0 Å². The molecule has 2 atom stereocenters. The summed E-state index contributed by atoms with van der Waals surface area (Å²) in [4.78, 5) is 25.4. The fourth-order valence-corrected chi connectivity index (χ4v) is 2.85. The predicted octanol–water partition coefficient (Wildman–Crippen LogP) is 1.09. The Morgan fingerprint density at radius 2 is 2.17 bits per heavy atom. The Morgan fingerprint density at radius 3 is 2.72 bits per heavy atom. The van der Waals surface area contributed by atoms with Crippen LogP contribution in [0.3, 0.4) is 0 Å². The van der Waals surface area contributed by atoms with Crippen molar-refractivity contribution in [1.82, 2.24) is 15.5 Å². The van der Waals surface area contributed by atoms with E-state index in [9.17, 15) is 9.59 Å². The summed E-state index contributed by atoms with van der Waals surface area (Å²) in [5.41, 5.74) is 0.227. The number of hydrogen-bond acceptors (Lipinski definition) is 2. The molecular weight excluding hydrogens is 230 g/mol. The van der Waals surface area contributed by atoms with Gasteiger partial charge in [-0.1, -0.05) is 20.8 Å². The number of likely N-dealkylation sites (tertiary alicyclic amines) is 1. The molecule has 2 saturated heterocycles. The molecule has 2 N–H and O–H groups in total. The first-order valence-electron chi connectivity index (χ1n) is 6.72. The molecule has 3 amide bonds. The molecule has 18 heavy (non-hydrogen) atoms. The van der Waals surface area contributed by atoms with E-state index in [1.165, 1.54) is 0 Å². The molecule has 0 spiro atoms. The topological polar surface area (TPSA) is 61.4 Å². The van der Waals surface area contributed by atoms with Gasteiger partial charge >= 0.3 is 6.03 Å². The van der Waals surface area contributed by atoms with Gasteiger partial charge in [0.15, 0.2) is 0 Å². The fraction of sp³-hybridized carbons (Fsp3) is 0.846. The van der Waals surface area contributed by atoms with E-state index in [2.05, 4.69) is 31.4 Å². The van der Waals surface area contributed by atoms with E-state index in [0.29, 0.717) is 12.6 Å². The zero-order chi connectivity index (χ0) is 13.3. The highest BCUT2D eigenvalue weighted by Gasteiger charge is 2.37. The van der Waals surface area contributed by atoms with Crippen molar-refractivity contribution in [2.24, 2.45) is 5.41 Å². The molecule has 5 heteroatoms. The maximum Gasteiger partial charge on any atom is 0.315 e. The molecule has 5 nitrogen and oxygen atoms in total. The lowest BCUT2D eigenvalue weighted by Crippen LogP contribution is -2.48. The van der Waals surface area contributed by atoms with Gasteiger partial charge in [0.05, 0.1) is 0 Å². The molecule has 0 aromatic carbocycles. The van der Waals surface area contributed by atoms with Crippen molar-refractivity contribution < 1.29 is 9.59 Å². The van der Waals surface area contributed by atoms with E-state index >= 15 is 0 Å². The third-order valence-electron chi connectivity index (χ3n) is 3.58. The Bertz CT molecular complexity index is 349. The summed E-state index contributed by atoms with van der Waals surface area (Å²) >= 11 is 0. The van der Waals surface area contributed by atoms with Gasteiger partial charge in [0, 0.05) is 19.1 Å². The number of urea groups is 1. The van der Waals surface area contributed by atoms with E-state index in [0.717, 1.165) is 25.8 Å². The molecule has 0 saturated carbocycles. The van der Waals surface area contributed by atoms with Gasteiger partial charge in [-0.2, -0.15) is 0 Å². The van der Waals surface area contributed by atoms with Crippen LogP contribution in [-0.4, -0.2) is 42.0 Å². The predicted molar refractivity (Wildman–Crippen MR) is 69.1 cm³/mol. The van der Waals surface area contributed by atoms with Crippen LogP contribution in [-0.2, 0) is 4.79 Å². The molecule has 2 aliphatic heterocycles. The first-order chi connectivity index (χ1) is 8.37. The van der Waals surface area contributed by atoms with Crippen LogP contribution in [0.1, 0.15) is 40.0 Å². The van der Waals surface area contributed by atoms with Crippen molar-refractivity contribution in [3.63, 3.8) is 0 Å². The molecule has 2 aliphatic rings. The average Bonchev–Trinajstić information content (AvgIpc) is 2.84. The van der Waals surface area contributed by atoms with Gasteiger partial charge in [0.1, 0.15) is 6.04 Å². The zero-order valence-electron chi connectivity index (χ0n) is 11.5. The Labute approximate surface area is 108 Å². The summed E-state index contributed by atoms with van der Waals surface area (Å²) in [6, 6.07) is -0.284. The fourth-order valence-electron chi connectivity index (χ4n) is 2.85. The number of hydrogen-bond donors (Lipinski definition) is 2. The minimum Gasteiger partial charge on any atom is -0.338 e. The van der Waals surface area contributed by atoms with Crippen molar-refractivity contribution in [1.29, 1.82) is 0 Å². The van der Waals surface area contributed by atoms with Crippen molar-refractivity contribution in [2.75, 3.05) is 13.1 Å². The molecule has 2 rings (SSSR count). The smallest absolute Gasteiger partial charge is 0.315 e. The Balaban J connectivity index is 1.98. The number of nitrogens with zero attached hydrogens (tertiary/aromatic N) is 1. The van der Waals surface area contributed by atoms with Gasteiger partial charge in [-0.25, -0.2) is 4.79 Å². The van der Waals surface area contributed by atoms with Crippen LogP contribution in [0, 0.1) is 5.41 Å². The molecule has 0 unspecified atom stereocenters. The summed E-state index contributed by atoms with van der Waals surface area (Å²) < 4.78 is 0. The second kappa shape index (κ2) is 4.78. The van der Waals surface area contributed by atoms with Crippen molar-refractivity contribution in [3.8, 4) is 0 Å². The van der Waals surface area contributed by atoms with E-state index in [1.54, 1.807) is 0 Å². The molecule has 2 heterocycles. The summed E-state index contributed by atoms with van der Waals surface area (Å²) in [6.07, 6.45) is 3.17. The van der Waals surface area contributed by atoms with E-state index in [1.807, 2.05) is 4.90 Å². The third kappa shape index (κ3) is 2.94.